The Morgan fingerprint density at radius 1 is 1.04 bits per heavy atom. The Hall–Kier alpha value is -2.17. The summed E-state index contributed by atoms with van der Waals surface area (Å²) in [5.41, 5.74) is 0. The van der Waals surface area contributed by atoms with Crippen LogP contribution in [0, 0.1) is 0 Å². The van der Waals surface area contributed by atoms with Crippen LogP contribution in [0.5, 0.6) is 0 Å². The van der Waals surface area contributed by atoms with Crippen molar-refractivity contribution in [3.63, 3.8) is 0 Å². The van der Waals surface area contributed by atoms with Crippen LogP contribution in [0.1, 0.15) is 34.6 Å². The Bertz CT molecular complexity index is 711. The first-order chi connectivity index (χ1) is 12.8. The summed E-state index contributed by atoms with van der Waals surface area (Å²) in [5.74, 6) is -0.0517. The summed E-state index contributed by atoms with van der Waals surface area (Å²) in [6, 6.07) is 20.9. The van der Waals surface area contributed by atoms with Gasteiger partial charge < -0.3 is 9.74 Å². The lowest BCUT2D eigenvalue weighted by Crippen LogP contribution is -2.67. The van der Waals surface area contributed by atoms with Crippen molar-refractivity contribution in [2.24, 2.45) is 0 Å². The van der Waals surface area contributed by atoms with E-state index >= 15 is 0 Å². The quantitative estimate of drug-likeness (QED) is 0.587. The summed E-state index contributed by atoms with van der Waals surface area (Å²) < 4.78 is 6.85. The molecule has 0 aliphatic rings. The van der Waals surface area contributed by atoms with Crippen molar-refractivity contribution in [1.82, 2.24) is 5.32 Å². The molecule has 3 nitrogen and oxygen atoms in total. The van der Waals surface area contributed by atoms with E-state index in [-0.39, 0.29) is 17.0 Å². The molecule has 1 amide bonds. The average Bonchev–Trinajstić information content (AvgIpc) is 2.62. The van der Waals surface area contributed by atoms with Crippen LogP contribution in [-0.4, -0.2) is 26.9 Å². The minimum atomic E-state index is -2.58. The molecule has 0 aliphatic heterocycles. The van der Waals surface area contributed by atoms with Crippen molar-refractivity contribution in [1.29, 1.82) is 0 Å². The van der Waals surface area contributed by atoms with Crippen molar-refractivity contribution >= 4 is 24.6 Å². The molecule has 0 aromatic heterocycles. The molecule has 27 heavy (non-hydrogen) atoms. The van der Waals surface area contributed by atoms with Crippen molar-refractivity contribution in [2.45, 2.75) is 45.7 Å². The Morgan fingerprint density at radius 2 is 1.52 bits per heavy atom. The normalized spacial score (nSPS) is 13.5. The second-order valence-corrected chi connectivity index (χ2v) is 12.1. The highest BCUT2D eigenvalue weighted by molar-refractivity contribution is 6.99. The number of carbonyl (C=O) groups excluding carboxylic acids is 1. The molecule has 0 radical (unpaired) electrons. The van der Waals surface area contributed by atoms with E-state index < -0.39 is 8.32 Å². The summed E-state index contributed by atoms with van der Waals surface area (Å²) in [6.45, 7) is 10.7. The third-order valence-corrected chi connectivity index (χ3v) is 9.71. The van der Waals surface area contributed by atoms with E-state index in [1.807, 2.05) is 31.2 Å². The fourth-order valence-electron chi connectivity index (χ4n) is 3.62. The van der Waals surface area contributed by atoms with Gasteiger partial charge in [-0.05, 0) is 22.3 Å². The van der Waals surface area contributed by atoms with Crippen LogP contribution >= 0.6 is 0 Å². The number of rotatable bonds is 7. The molecular formula is C23H31NO2Si. The molecule has 2 rings (SSSR count). The number of hydrogen-bond donors (Lipinski definition) is 1. The summed E-state index contributed by atoms with van der Waals surface area (Å²) in [5, 5.41) is 5.39. The molecule has 0 saturated heterocycles. The minimum absolute atomic E-state index is 0.0517. The van der Waals surface area contributed by atoms with Gasteiger partial charge in [-0.1, -0.05) is 93.6 Å². The van der Waals surface area contributed by atoms with Crippen LogP contribution < -0.4 is 15.7 Å². The van der Waals surface area contributed by atoms with E-state index in [0.717, 1.165) is 0 Å². The Morgan fingerprint density at radius 3 is 1.89 bits per heavy atom. The third-order valence-electron chi connectivity index (χ3n) is 4.71. The molecule has 0 heterocycles. The van der Waals surface area contributed by atoms with Gasteiger partial charge in [-0.3, -0.25) is 4.79 Å². The molecule has 1 atom stereocenters. The largest absolute Gasteiger partial charge is 0.405 e. The smallest absolute Gasteiger partial charge is 0.261 e. The Labute approximate surface area is 164 Å². The molecule has 0 aliphatic carbocycles. The average molecular weight is 382 g/mol. The number of nitrogens with one attached hydrogen (secondary N) is 1. The standard InChI is InChI=1S/C23H31NO2Si/c1-6-13-20(24-19(2)25)18-26-27(23(3,4)5,21-14-9-7-10-15-21)22-16-11-8-12-17-22/h6-17,20H,18H2,1-5H3,(H,24,25)/b13-6+/t20-/m0/s1. The van der Waals surface area contributed by atoms with Crippen molar-refractivity contribution < 1.29 is 9.22 Å². The van der Waals surface area contributed by atoms with Gasteiger partial charge >= 0.3 is 0 Å². The van der Waals surface area contributed by atoms with E-state index in [9.17, 15) is 4.79 Å². The summed E-state index contributed by atoms with van der Waals surface area (Å²) in [6.07, 6.45) is 3.94. The lowest BCUT2D eigenvalue weighted by Gasteiger charge is -2.43. The Kier molecular flexibility index (Phi) is 7.16. The summed E-state index contributed by atoms with van der Waals surface area (Å²) in [7, 11) is -2.58. The molecule has 144 valence electrons. The topological polar surface area (TPSA) is 38.3 Å². The molecule has 0 unspecified atom stereocenters. The SMILES string of the molecule is C/C=C/[C@@H](CO[Si](c1ccccc1)(c1ccccc1)C(C)(C)C)NC(C)=O. The molecular weight excluding hydrogens is 350 g/mol. The fraction of sp³-hybridized carbons (Fsp3) is 0.348. The Balaban J connectivity index is 2.53. The van der Waals surface area contributed by atoms with Gasteiger partial charge in [0.1, 0.15) is 0 Å². The van der Waals surface area contributed by atoms with Crippen molar-refractivity contribution in [2.75, 3.05) is 6.61 Å². The number of allylic oxidation sites excluding steroid dienone is 1. The highest BCUT2D eigenvalue weighted by atomic mass is 28.4. The number of amides is 1. The highest BCUT2D eigenvalue weighted by Gasteiger charge is 2.50. The van der Waals surface area contributed by atoms with Crippen LogP contribution in [-0.2, 0) is 9.22 Å². The van der Waals surface area contributed by atoms with Gasteiger partial charge in [0.05, 0.1) is 12.6 Å². The summed E-state index contributed by atoms with van der Waals surface area (Å²) >= 11 is 0. The first-order valence-corrected chi connectivity index (χ1v) is 11.4. The lowest BCUT2D eigenvalue weighted by atomic mass is 10.2. The zero-order valence-corrected chi connectivity index (χ0v) is 18.0. The van der Waals surface area contributed by atoms with Crippen molar-refractivity contribution in [3.05, 3.63) is 72.8 Å². The second-order valence-electron chi connectivity index (χ2n) is 7.81. The van der Waals surface area contributed by atoms with Crippen LogP contribution in [0.3, 0.4) is 0 Å². The van der Waals surface area contributed by atoms with Crippen LogP contribution in [0.25, 0.3) is 0 Å². The molecule has 0 spiro atoms. The molecule has 1 N–H and O–H groups in total. The van der Waals surface area contributed by atoms with Crippen LogP contribution in [0.4, 0.5) is 0 Å². The zero-order valence-electron chi connectivity index (χ0n) is 17.0. The van der Waals surface area contributed by atoms with E-state index in [1.165, 1.54) is 10.4 Å². The number of benzene rings is 2. The summed E-state index contributed by atoms with van der Waals surface area (Å²) in [4.78, 5) is 11.6. The third kappa shape index (κ3) is 4.96. The number of carbonyl (C=O) groups is 1. The first-order valence-electron chi connectivity index (χ1n) is 9.46. The fourth-order valence-corrected chi connectivity index (χ4v) is 8.20. The predicted octanol–water partition coefficient (Wildman–Crippen LogP) is 3.64. The lowest BCUT2D eigenvalue weighted by molar-refractivity contribution is -0.119. The van der Waals surface area contributed by atoms with Crippen LogP contribution in [0.15, 0.2) is 72.8 Å². The first kappa shape index (κ1) is 21.1. The van der Waals surface area contributed by atoms with Gasteiger partial charge in [0, 0.05) is 6.92 Å². The second kappa shape index (κ2) is 9.15. The maximum atomic E-state index is 11.6. The highest BCUT2D eigenvalue weighted by Crippen LogP contribution is 2.36. The molecule has 4 heteroatoms. The zero-order chi connectivity index (χ0) is 19.9. The van der Waals surface area contributed by atoms with E-state index in [0.29, 0.717) is 6.61 Å². The molecule has 0 saturated carbocycles. The predicted molar refractivity (Wildman–Crippen MR) is 116 cm³/mol. The number of hydrogen-bond acceptors (Lipinski definition) is 2. The minimum Gasteiger partial charge on any atom is -0.405 e. The van der Waals surface area contributed by atoms with Gasteiger partial charge in [0.25, 0.3) is 8.32 Å². The van der Waals surface area contributed by atoms with E-state index in [2.05, 4.69) is 74.6 Å². The van der Waals surface area contributed by atoms with E-state index in [1.54, 1.807) is 6.92 Å². The molecule has 2 aromatic carbocycles. The molecule has 2 aromatic rings. The van der Waals surface area contributed by atoms with Gasteiger partial charge in [-0.2, -0.15) is 0 Å². The van der Waals surface area contributed by atoms with Crippen molar-refractivity contribution in [3.8, 4) is 0 Å². The maximum absolute atomic E-state index is 11.6. The maximum Gasteiger partial charge on any atom is 0.261 e. The van der Waals surface area contributed by atoms with Gasteiger partial charge in [-0.25, -0.2) is 0 Å². The van der Waals surface area contributed by atoms with Gasteiger partial charge in [0.15, 0.2) is 0 Å². The van der Waals surface area contributed by atoms with E-state index in [4.69, 9.17) is 4.43 Å². The van der Waals surface area contributed by atoms with Crippen LogP contribution in [0.2, 0.25) is 5.04 Å². The monoisotopic (exact) mass is 381 g/mol. The molecule has 0 bridgehead atoms. The van der Waals surface area contributed by atoms with Gasteiger partial charge in [0.2, 0.25) is 5.91 Å². The molecule has 0 fully saturated rings. The van der Waals surface area contributed by atoms with Gasteiger partial charge in [-0.15, -0.1) is 0 Å².